The van der Waals surface area contributed by atoms with Crippen molar-refractivity contribution in [3.63, 3.8) is 0 Å². The second-order valence-corrected chi connectivity index (χ2v) is 6.38. The van der Waals surface area contributed by atoms with Crippen molar-refractivity contribution in [1.82, 2.24) is 5.32 Å². The highest BCUT2D eigenvalue weighted by atomic mass is 79.9. The van der Waals surface area contributed by atoms with Crippen LogP contribution in [0.1, 0.15) is 37.8 Å². The van der Waals surface area contributed by atoms with E-state index in [0.717, 1.165) is 15.6 Å². The van der Waals surface area contributed by atoms with E-state index < -0.39 is 11.5 Å². The standard InChI is InChI=1S/C15H20BrNO3/c1-10-11(5-4-6-12(10)16)9-13(18)17-15(2,3)8-7-14(19)20/h4-6H,7-9H2,1-3H3,(H,17,18)(H,19,20). The van der Waals surface area contributed by atoms with Crippen molar-refractivity contribution in [3.05, 3.63) is 33.8 Å². The molecule has 110 valence electrons. The Morgan fingerprint density at radius 2 is 2.00 bits per heavy atom. The van der Waals surface area contributed by atoms with Crippen LogP contribution in [-0.2, 0) is 16.0 Å². The van der Waals surface area contributed by atoms with Crippen LogP contribution in [0.4, 0.5) is 0 Å². The predicted molar refractivity (Wildman–Crippen MR) is 81.7 cm³/mol. The summed E-state index contributed by atoms with van der Waals surface area (Å²) < 4.78 is 0.980. The van der Waals surface area contributed by atoms with Gasteiger partial charge in [0.2, 0.25) is 5.91 Å². The maximum absolute atomic E-state index is 12.1. The van der Waals surface area contributed by atoms with Gasteiger partial charge in [-0.1, -0.05) is 28.1 Å². The Bertz CT molecular complexity index is 512. The molecule has 0 fully saturated rings. The molecule has 0 bridgehead atoms. The third kappa shape index (κ3) is 5.33. The van der Waals surface area contributed by atoms with Crippen molar-refractivity contribution in [1.29, 1.82) is 0 Å². The van der Waals surface area contributed by atoms with Crippen LogP contribution in [0.25, 0.3) is 0 Å². The van der Waals surface area contributed by atoms with E-state index in [4.69, 9.17) is 5.11 Å². The number of carbonyl (C=O) groups excluding carboxylic acids is 1. The topological polar surface area (TPSA) is 66.4 Å². The monoisotopic (exact) mass is 341 g/mol. The quantitative estimate of drug-likeness (QED) is 0.835. The molecule has 0 unspecified atom stereocenters. The highest BCUT2D eigenvalue weighted by molar-refractivity contribution is 9.10. The van der Waals surface area contributed by atoms with Gasteiger partial charge in [0, 0.05) is 16.4 Å². The molecule has 1 aromatic rings. The summed E-state index contributed by atoms with van der Waals surface area (Å²) in [6, 6.07) is 5.76. The number of carboxylic acid groups (broad SMARTS) is 1. The van der Waals surface area contributed by atoms with Crippen LogP contribution in [0.5, 0.6) is 0 Å². The molecule has 0 saturated carbocycles. The first-order valence-corrected chi connectivity index (χ1v) is 7.27. The number of aliphatic carboxylic acids is 1. The summed E-state index contributed by atoms with van der Waals surface area (Å²) >= 11 is 3.44. The molecule has 5 heteroatoms. The van der Waals surface area contributed by atoms with Crippen LogP contribution in [0.3, 0.4) is 0 Å². The Labute approximate surface area is 127 Å². The number of amides is 1. The molecule has 0 aliphatic heterocycles. The summed E-state index contributed by atoms with van der Waals surface area (Å²) in [6.07, 6.45) is 0.747. The molecule has 0 radical (unpaired) electrons. The Balaban J connectivity index is 2.63. The SMILES string of the molecule is Cc1c(Br)cccc1CC(=O)NC(C)(C)CCC(=O)O. The van der Waals surface area contributed by atoms with Gasteiger partial charge < -0.3 is 10.4 Å². The lowest BCUT2D eigenvalue weighted by Crippen LogP contribution is -2.44. The van der Waals surface area contributed by atoms with Crippen LogP contribution >= 0.6 is 15.9 Å². The van der Waals surface area contributed by atoms with Crippen molar-refractivity contribution in [2.45, 2.75) is 45.6 Å². The normalized spacial score (nSPS) is 11.2. The minimum absolute atomic E-state index is 0.0448. The Hall–Kier alpha value is -1.36. The molecule has 2 N–H and O–H groups in total. The second-order valence-electron chi connectivity index (χ2n) is 5.53. The fraction of sp³-hybridized carbons (Fsp3) is 0.467. The van der Waals surface area contributed by atoms with Gasteiger partial charge in [-0.25, -0.2) is 0 Å². The summed E-state index contributed by atoms with van der Waals surface area (Å²) in [5.41, 5.74) is 1.49. The lowest BCUT2D eigenvalue weighted by atomic mass is 9.97. The lowest BCUT2D eigenvalue weighted by Gasteiger charge is -2.25. The van der Waals surface area contributed by atoms with Crippen LogP contribution in [-0.4, -0.2) is 22.5 Å². The number of halogens is 1. The fourth-order valence-electron chi connectivity index (χ4n) is 1.92. The lowest BCUT2D eigenvalue weighted by molar-refractivity contribution is -0.137. The highest BCUT2D eigenvalue weighted by Gasteiger charge is 2.21. The Morgan fingerprint density at radius 3 is 2.60 bits per heavy atom. The number of carboxylic acids is 1. The first-order chi connectivity index (χ1) is 9.21. The zero-order valence-electron chi connectivity index (χ0n) is 12.0. The van der Waals surface area contributed by atoms with E-state index in [-0.39, 0.29) is 12.3 Å². The molecule has 0 aromatic heterocycles. The first-order valence-electron chi connectivity index (χ1n) is 6.48. The summed E-state index contributed by atoms with van der Waals surface area (Å²) in [7, 11) is 0. The molecule has 0 aliphatic rings. The van der Waals surface area contributed by atoms with Crippen molar-refractivity contribution in [2.75, 3.05) is 0 Å². The molecule has 1 rings (SSSR count). The summed E-state index contributed by atoms with van der Waals surface area (Å²) in [6.45, 7) is 5.63. The van der Waals surface area contributed by atoms with Gasteiger partial charge in [0.15, 0.2) is 0 Å². The smallest absolute Gasteiger partial charge is 0.303 e. The summed E-state index contributed by atoms with van der Waals surface area (Å²) in [5, 5.41) is 11.6. The predicted octanol–water partition coefficient (Wildman–Crippen LogP) is 3.06. The molecule has 20 heavy (non-hydrogen) atoms. The number of nitrogens with one attached hydrogen (secondary N) is 1. The van der Waals surface area contributed by atoms with Gasteiger partial charge in [0.25, 0.3) is 0 Å². The molecule has 1 amide bonds. The molecule has 0 atom stereocenters. The van der Waals surface area contributed by atoms with E-state index in [2.05, 4.69) is 21.2 Å². The van der Waals surface area contributed by atoms with Crippen molar-refractivity contribution >= 4 is 27.8 Å². The number of rotatable bonds is 6. The van der Waals surface area contributed by atoms with E-state index in [1.165, 1.54) is 0 Å². The second kappa shape index (κ2) is 6.88. The van der Waals surface area contributed by atoms with E-state index in [9.17, 15) is 9.59 Å². The molecule has 4 nitrogen and oxygen atoms in total. The van der Waals surface area contributed by atoms with Crippen LogP contribution in [0.2, 0.25) is 0 Å². The van der Waals surface area contributed by atoms with Gasteiger partial charge in [-0.05, 0) is 44.4 Å². The zero-order chi connectivity index (χ0) is 15.3. The maximum Gasteiger partial charge on any atom is 0.303 e. The van der Waals surface area contributed by atoms with E-state index in [0.29, 0.717) is 12.8 Å². The number of hydrogen-bond donors (Lipinski definition) is 2. The molecular weight excluding hydrogens is 322 g/mol. The Morgan fingerprint density at radius 1 is 1.35 bits per heavy atom. The van der Waals surface area contributed by atoms with Crippen molar-refractivity contribution in [2.24, 2.45) is 0 Å². The van der Waals surface area contributed by atoms with Gasteiger partial charge in [-0.2, -0.15) is 0 Å². The molecule has 1 aromatic carbocycles. The van der Waals surface area contributed by atoms with Crippen molar-refractivity contribution < 1.29 is 14.7 Å². The van der Waals surface area contributed by atoms with Gasteiger partial charge >= 0.3 is 5.97 Å². The fourth-order valence-corrected chi connectivity index (χ4v) is 2.33. The molecule has 0 aliphatic carbocycles. The van der Waals surface area contributed by atoms with Crippen LogP contribution in [0, 0.1) is 6.92 Å². The van der Waals surface area contributed by atoms with Gasteiger partial charge in [-0.3, -0.25) is 9.59 Å². The first kappa shape index (κ1) is 16.7. The van der Waals surface area contributed by atoms with Gasteiger partial charge in [0.1, 0.15) is 0 Å². The number of carbonyl (C=O) groups is 2. The van der Waals surface area contributed by atoms with Gasteiger partial charge in [0.05, 0.1) is 6.42 Å². The van der Waals surface area contributed by atoms with E-state index in [1.807, 2.05) is 39.0 Å². The van der Waals surface area contributed by atoms with Crippen LogP contribution in [0.15, 0.2) is 22.7 Å². The minimum atomic E-state index is -0.852. The highest BCUT2D eigenvalue weighted by Crippen LogP contribution is 2.20. The number of hydrogen-bond acceptors (Lipinski definition) is 2. The van der Waals surface area contributed by atoms with Crippen LogP contribution < -0.4 is 5.32 Å². The number of benzene rings is 1. The summed E-state index contributed by atoms with van der Waals surface area (Å²) in [4.78, 5) is 22.6. The van der Waals surface area contributed by atoms with E-state index in [1.54, 1.807) is 0 Å². The molecule has 0 heterocycles. The zero-order valence-corrected chi connectivity index (χ0v) is 13.6. The molecule has 0 saturated heterocycles. The third-order valence-electron chi connectivity index (χ3n) is 3.17. The largest absolute Gasteiger partial charge is 0.481 e. The molecule has 0 spiro atoms. The van der Waals surface area contributed by atoms with Crippen molar-refractivity contribution in [3.8, 4) is 0 Å². The van der Waals surface area contributed by atoms with E-state index >= 15 is 0 Å². The maximum atomic E-state index is 12.1. The Kier molecular flexibility index (Phi) is 5.74. The third-order valence-corrected chi connectivity index (χ3v) is 4.03. The van der Waals surface area contributed by atoms with Gasteiger partial charge in [-0.15, -0.1) is 0 Å². The average Bonchev–Trinajstić information content (AvgIpc) is 2.32. The average molecular weight is 342 g/mol. The molecular formula is C15H20BrNO3. The summed E-state index contributed by atoms with van der Waals surface area (Å²) in [5.74, 6) is -0.947. The minimum Gasteiger partial charge on any atom is -0.481 e.